The lowest BCUT2D eigenvalue weighted by Gasteiger charge is -2.52. The predicted octanol–water partition coefficient (Wildman–Crippen LogP) is 2.27. The Balaban J connectivity index is 1.54. The van der Waals surface area contributed by atoms with Gasteiger partial charge in [0.15, 0.2) is 0 Å². The van der Waals surface area contributed by atoms with Crippen LogP contribution in [0.3, 0.4) is 0 Å². The molecule has 154 valence electrons. The van der Waals surface area contributed by atoms with Crippen LogP contribution >= 0.6 is 0 Å². The number of piperidine rings is 1. The Kier molecular flexibility index (Phi) is 6.01. The second-order valence-corrected chi connectivity index (χ2v) is 8.06. The molecule has 1 saturated carbocycles. The molecule has 7 nitrogen and oxygen atoms in total. The Morgan fingerprint density at radius 3 is 2.82 bits per heavy atom. The van der Waals surface area contributed by atoms with E-state index in [1.165, 1.54) is 25.7 Å². The third-order valence-corrected chi connectivity index (χ3v) is 6.52. The molecule has 1 aliphatic carbocycles. The number of aliphatic imine (C=N–C) groups is 1. The first-order chi connectivity index (χ1) is 13.7. The van der Waals surface area contributed by atoms with Gasteiger partial charge in [-0.3, -0.25) is 4.99 Å². The topological polar surface area (TPSA) is 76.4 Å². The van der Waals surface area contributed by atoms with E-state index in [1.54, 1.807) is 19.4 Å². The highest BCUT2D eigenvalue weighted by atomic mass is 16.5. The van der Waals surface area contributed by atoms with E-state index in [9.17, 15) is 5.11 Å². The van der Waals surface area contributed by atoms with Crippen molar-refractivity contribution in [3.8, 4) is 11.6 Å². The first-order valence-electron chi connectivity index (χ1n) is 10.4. The molecular weight excluding hydrogens is 358 g/mol. The van der Waals surface area contributed by atoms with Gasteiger partial charge in [-0.25, -0.2) is 4.98 Å². The first-order valence-corrected chi connectivity index (χ1v) is 10.4. The lowest BCUT2D eigenvalue weighted by Crippen LogP contribution is -2.61. The minimum atomic E-state index is -0.110. The summed E-state index contributed by atoms with van der Waals surface area (Å²) in [5, 5.41) is 9.87. The molecule has 2 aliphatic heterocycles. The number of hydrogen-bond donors (Lipinski definition) is 1. The van der Waals surface area contributed by atoms with Gasteiger partial charge in [0, 0.05) is 24.7 Å². The highest BCUT2D eigenvalue weighted by Crippen LogP contribution is 2.44. The Bertz CT molecular complexity index is 698. The molecule has 0 aromatic carbocycles. The number of rotatable bonds is 7. The molecule has 3 heterocycles. The number of hydrogen-bond acceptors (Lipinski definition) is 7. The summed E-state index contributed by atoms with van der Waals surface area (Å²) in [6, 6.07) is 2.53. The SMILES string of the molecule is COCCOc1cc(CO)c(OC2C3CCCCC3C3CN=CN3C2C)cn1. The minimum Gasteiger partial charge on any atom is -0.486 e. The molecule has 1 aromatic heterocycles. The number of ether oxygens (including phenoxy) is 3. The zero-order chi connectivity index (χ0) is 19.5. The fraction of sp³-hybridized carbons (Fsp3) is 0.714. The van der Waals surface area contributed by atoms with Crippen molar-refractivity contribution in [1.82, 2.24) is 9.88 Å². The number of pyridine rings is 1. The molecule has 0 spiro atoms. The maximum Gasteiger partial charge on any atom is 0.213 e. The quantitative estimate of drug-likeness (QED) is 0.721. The Morgan fingerprint density at radius 1 is 1.21 bits per heavy atom. The van der Waals surface area contributed by atoms with E-state index in [-0.39, 0.29) is 18.8 Å². The molecule has 2 fully saturated rings. The second-order valence-electron chi connectivity index (χ2n) is 8.06. The molecule has 3 aliphatic rings. The fourth-order valence-electron chi connectivity index (χ4n) is 5.13. The van der Waals surface area contributed by atoms with E-state index in [0.29, 0.717) is 48.3 Å². The lowest BCUT2D eigenvalue weighted by atomic mass is 9.68. The van der Waals surface area contributed by atoms with Crippen LogP contribution in [0.15, 0.2) is 17.3 Å². The van der Waals surface area contributed by atoms with Crippen LogP contribution in [0, 0.1) is 11.8 Å². The molecule has 4 rings (SSSR count). The van der Waals surface area contributed by atoms with E-state index >= 15 is 0 Å². The van der Waals surface area contributed by atoms with Gasteiger partial charge in [-0.1, -0.05) is 12.8 Å². The molecular formula is C21H31N3O4. The number of aromatic nitrogens is 1. The summed E-state index contributed by atoms with van der Waals surface area (Å²) < 4.78 is 17.1. The average molecular weight is 389 g/mol. The van der Waals surface area contributed by atoms with E-state index in [2.05, 4.69) is 21.8 Å². The van der Waals surface area contributed by atoms with Crippen molar-refractivity contribution in [2.45, 2.75) is 57.4 Å². The highest BCUT2D eigenvalue weighted by Gasteiger charge is 2.49. The summed E-state index contributed by atoms with van der Waals surface area (Å²) in [4.78, 5) is 11.3. The number of methoxy groups -OCH3 is 1. The maximum absolute atomic E-state index is 9.87. The largest absolute Gasteiger partial charge is 0.486 e. The molecule has 1 N–H and O–H groups in total. The predicted molar refractivity (Wildman–Crippen MR) is 106 cm³/mol. The van der Waals surface area contributed by atoms with E-state index in [0.717, 1.165) is 6.54 Å². The summed E-state index contributed by atoms with van der Waals surface area (Å²) in [7, 11) is 1.63. The zero-order valence-corrected chi connectivity index (χ0v) is 16.8. The highest BCUT2D eigenvalue weighted by molar-refractivity contribution is 5.59. The summed E-state index contributed by atoms with van der Waals surface area (Å²) in [6.45, 7) is 3.95. The van der Waals surface area contributed by atoms with Crippen molar-refractivity contribution in [2.24, 2.45) is 16.8 Å². The Morgan fingerprint density at radius 2 is 2.04 bits per heavy atom. The van der Waals surface area contributed by atoms with Gasteiger partial charge < -0.3 is 24.2 Å². The van der Waals surface area contributed by atoms with E-state index < -0.39 is 0 Å². The summed E-state index contributed by atoms with van der Waals surface area (Å²) in [5.74, 6) is 2.28. The molecule has 1 aromatic rings. The van der Waals surface area contributed by atoms with Crippen molar-refractivity contribution < 1.29 is 19.3 Å². The molecule has 7 heteroatoms. The van der Waals surface area contributed by atoms with Crippen molar-refractivity contribution in [1.29, 1.82) is 0 Å². The van der Waals surface area contributed by atoms with Crippen molar-refractivity contribution >= 4 is 6.34 Å². The molecule has 0 bridgehead atoms. The van der Waals surface area contributed by atoms with Crippen molar-refractivity contribution in [2.75, 3.05) is 26.9 Å². The number of aliphatic hydroxyl groups is 1. The van der Waals surface area contributed by atoms with Crippen molar-refractivity contribution in [3.05, 3.63) is 17.8 Å². The Hall–Kier alpha value is -1.86. The maximum atomic E-state index is 9.87. The first kappa shape index (κ1) is 19.5. The van der Waals surface area contributed by atoms with Crippen LogP contribution in [-0.4, -0.2) is 66.4 Å². The van der Waals surface area contributed by atoms with Gasteiger partial charge in [0.2, 0.25) is 5.88 Å². The molecule has 0 radical (unpaired) electrons. The number of nitrogens with zero attached hydrogens (tertiary/aromatic N) is 3. The van der Waals surface area contributed by atoms with Crippen LogP contribution in [0.5, 0.6) is 11.6 Å². The number of aliphatic hydroxyl groups excluding tert-OH is 1. The number of fused-ring (bicyclic) bond motifs is 3. The molecule has 1 saturated heterocycles. The van der Waals surface area contributed by atoms with Gasteiger partial charge >= 0.3 is 0 Å². The van der Waals surface area contributed by atoms with Gasteiger partial charge in [0.25, 0.3) is 0 Å². The van der Waals surface area contributed by atoms with Crippen LogP contribution in [0.2, 0.25) is 0 Å². The molecule has 5 atom stereocenters. The lowest BCUT2D eigenvalue weighted by molar-refractivity contribution is -0.0527. The van der Waals surface area contributed by atoms with E-state index in [4.69, 9.17) is 14.2 Å². The third kappa shape index (κ3) is 3.70. The van der Waals surface area contributed by atoms with Crippen molar-refractivity contribution in [3.63, 3.8) is 0 Å². The standard InChI is InChI=1S/C21H31N3O4/c1-14-21(17-6-4-3-5-16(17)18-10-22-13-24(14)18)28-19-11-23-20(9-15(19)12-25)27-8-7-26-2/h9,11,13-14,16-18,21,25H,3-8,10,12H2,1-2H3. The van der Waals surface area contributed by atoms with Crippen LogP contribution in [0.25, 0.3) is 0 Å². The monoisotopic (exact) mass is 389 g/mol. The van der Waals surface area contributed by atoms with Gasteiger partial charge in [-0.15, -0.1) is 0 Å². The van der Waals surface area contributed by atoms with Gasteiger partial charge in [0.1, 0.15) is 18.5 Å². The summed E-state index contributed by atoms with van der Waals surface area (Å²) in [5.41, 5.74) is 0.708. The van der Waals surface area contributed by atoms with Gasteiger partial charge in [-0.05, 0) is 25.7 Å². The summed E-state index contributed by atoms with van der Waals surface area (Å²) >= 11 is 0. The normalized spacial score (nSPS) is 31.4. The fourth-order valence-corrected chi connectivity index (χ4v) is 5.13. The summed E-state index contributed by atoms with van der Waals surface area (Å²) in [6.07, 6.45) is 8.76. The molecule has 28 heavy (non-hydrogen) atoms. The Labute approximate surface area is 166 Å². The molecule has 0 amide bonds. The van der Waals surface area contributed by atoms with Crippen LogP contribution in [-0.2, 0) is 11.3 Å². The average Bonchev–Trinajstić information content (AvgIpc) is 3.22. The minimum absolute atomic E-state index is 0.0680. The third-order valence-electron chi connectivity index (χ3n) is 6.52. The zero-order valence-electron chi connectivity index (χ0n) is 16.8. The smallest absolute Gasteiger partial charge is 0.213 e. The second kappa shape index (κ2) is 8.66. The van der Waals surface area contributed by atoms with Crippen LogP contribution in [0.4, 0.5) is 0 Å². The van der Waals surface area contributed by atoms with Crippen LogP contribution < -0.4 is 9.47 Å². The van der Waals surface area contributed by atoms with Gasteiger partial charge in [-0.2, -0.15) is 0 Å². The van der Waals surface area contributed by atoms with Gasteiger partial charge in [0.05, 0.1) is 44.4 Å². The molecule has 5 unspecified atom stereocenters. The van der Waals surface area contributed by atoms with Crippen LogP contribution in [0.1, 0.15) is 38.2 Å². The van der Waals surface area contributed by atoms with E-state index in [1.807, 2.05) is 6.34 Å².